The third-order valence-electron chi connectivity index (χ3n) is 5.02. The molecule has 180 valence electrons. The number of carboxylic acids is 1. The number of hydrogen-bond acceptors (Lipinski definition) is 6. The van der Waals surface area contributed by atoms with Crippen LogP contribution < -0.4 is 9.47 Å². The van der Waals surface area contributed by atoms with Crippen LogP contribution in [0.3, 0.4) is 0 Å². The van der Waals surface area contributed by atoms with Crippen LogP contribution in [0.25, 0.3) is 6.08 Å². The quantitative estimate of drug-likeness (QED) is 0.304. The van der Waals surface area contributed by atoms with Gasteiger partial charge in [0.1, 0.15) is 17.0 Å². The van der Waals surface area contributed by atoms with Crippen LogP contribution in [-0.4, -0.2) is 38.9 Å². The zero-order valence-corrected chi connectivity index (χ0v) is 21.5. The Morgan fingerprint density at radius 2 is 1.94 bits per heavy atom. The average Bonchev–Trinajstić information content (AvgIpc) is 3.05. The second kappa shape index (κ2) is 11.7. The summed E-state index contributed by atoms with van der Waals surface area (Å²) in [5.74, 6) is -0.289. The van der Waals surface area contributed by atoms with Crippen molar-refractivity contribution in [2.75, 3.05) is 6.61 Å². The van der Waals surface area contributed by atoms with Crippen molar-refractivity contribution in [3.63, 3.8) is 0 Å². The Bertz CT molecular complexity index is 1120. The molecule has 3 rings (SSSR count). The van der Waals surface area contributed by atoms with Gasteiger partial charge in [0.05, 0.1) is 11.5 Å². The Morgan fingerprint density at radius 1 is 1.21 bits per heavy atom. The van der Waals surface area contributed by atoms with Crippen LogP contribution in [-0.2, 0) is 16.2 Å². The van der Waals surface area contributed by atoms with E-state index in [4.69, 9.17) is 33.3 Å². The molecular formula is C25H26ClNO5S2. The van der Waals surface area contributed by atoms with Crippen molar-refractivity contribution < 1.29 is 24.2 Å². The third kappa shape index (κ3) is 6.31. The second-order valence-corrected chi connectivity index (χ2v) is 10.1. The summed E-state index contributed by atoms with van der Waals surface area (Å²) in [6, 6.07) is 11.8. The minimum Gasteiger partial charge on any atom is -0.490 e. The molecule has 0 aliphatic carbocycles. The Labute approximate surface area is 213 Å². The highest BCUT2D eigenvalue weighted by atomic mass is 35.5. The summed E-state index contributed by atoms with van der Waals surface area (Å²) < 4.78 is 11.9. The van der Waals surface area contributed by atoms with E-state index in [1.165, 1.54) is 4.90 Å². The summed E-state index contributed by atoms with van der Waals surface area (Å²) in [6.07, 6.45) is 2.01. The summed E-state index contributed by atoms with van der Waals surface area (Å²) in [4.78, 5) is 26.4. The summed E-state index contributed by atoms with van der Waals surface area (Å²) in [5.41, 5.74) is 1.57. The van der Waals surface area contributed by atoms with Crippen molar-refractivity contribution in [1.82, 2.24) is 4.90 Å². The van der Waals surface area contributed by atoms with E-state index in [0.717, 1.165) is 17.3 Å². The molecule has 1 atom stereocenters. The number of hydrogen-bond donors (Lipinski definition) is 1. The van der Waals surface area contributed by atoms with Crippen LogP contribution in [0.5, 0.6) is 11.5 Å². The maximum absolute atomic E-state index is 13.0. The molecule has 1 N–H and O–H groups in total. The third-order valence-corrected chi connectivity index (χ3v) is 6.72. The minimum absolute atomic E-state index is 0.0989. The number of rotatable bonds is 10. The van der Waals surface area contributed by atoms with Crippen LogP contribution in [0, 0.1) is 5.92 Å². The number of carboxylic acid groups (broad SMARTS) is 1. The molecule has 1 aliphatic rings. The Hall–Kier alpha value is -2.55. The van der Waals surface area contributed by atoms with Crippen molar-refractivity contribution in [2.24, 2.45) is 5.92 Å². The lowest BCUT2D eigenvalue weighted by Gasteiger charge is -2.24. The highest BCUT2D eigenvalue weighted by Crippen LogP contribution is 2.37. The summed E-state index contributed by atoms with van der Waals surface area (Å²) in [7, 11) is 0. The smallest absolute Gasteiger partial charge is 0.326 e. The molecule has 1 fully saturated rings. The number of ether oxygens (including phenoxy) is 2. The fourth-order valence-electron chi connectivity index (χ4n) is 3.44. The first-order chi connectivity index (χ1) is 16.2. The van der Waals surface area contributed by atoms with E-state index < -0.39 is 17.9 Å². The van der Waals surface area contributed by atoms with Gasteiger partial charge < -0.3 is 14.6 Å². The van der Waals surface area contributed by atoms with E-state index in [9.17, 15) is 14.7 Å². The van der Waals surface area contributed by atoms with E-state index in [0.29, 0.717) is 40.0 Å². The number of amides is 1. The van der Waals surface area contributed by atoms with Gasteiger partial charge in [-0.3, -0.25) is 9.69 Å². The lowest BCUT2D eigenvalue weighted by atomic mass is 10.0. The van der Waals surface area contributed by atoms with Crippen LogP contribution in [0.4, 0.5) is 0 Å². The molecular weight excluding hydrogens is 494 g/mol. The number of nitrogens with zero attached hydrogens (tertiary/aromatic N) is 1. The number of thiocarbonyl (C=S) groups is 1. The van der Waals surface area contributed by atoms with E-state index in [1.54, 1.807) is 30.3 Å². The molecule has 2 aromatic rings. The monoisotopic (exact) mass is 519 g/mol. The fourth-order valence-corrected chi connectivity index (χ4v) is 4.98. The van der Waals surface area contributed by atoms with Crippen LogP contribution in [0.2, 0.25) is 5.02 Å². The highest BCUT2D eigenvalue weighted by Gasteiger charge is 2.40. The zero-order chi connectivity index (χ0) is 24.8. The summed E-state index contributed by atoms with van der Waals surface area (Å²) in [6.45, 7) is 6.41. The van der Waals surface area contributed by atoms with Gasteiger partial charge in [-0.2, -0.15) is 0 Å². The molecule has 6 nitrogen and oxygen atoms in total. The van der Waals surface area contributed by atoms with E-state index in [2.05, 4.69) is 0 Å². The van der Waals surface area contributed by atoms with Gasteiger partial charge in [0.25, 0.3) is 5.91 Å². The molecule has 1 saturated heterocycles. The molecule has 2 aromatic carbocycles. The van der Waals surface area contributed by atoms with E-state index >= 15 is 0 Å². The molecule has 9 heteroatoms. The predicted octanol–water partition coefficient (Wildman–Crippen LogP) is 6.02. The number of halogens is 1. The molecule has 1 unspecified atom stereocenters. The summed E-state index contributed by atoms with van der Waals surface area (Å²) in [5, 5.41) is 10.3. The van der Waals surface area contributed by atoms with Gasteiger partial charge in [0.2, 0.25) is 0 Å². The normalized spacial score (nSPS) is 15.8. The standard InChI is InChI=1S/C25H26ClNO5S2/c1-4-31-21-12-16(9-10-20(21)32-14-17-7-5-6-8-18(17)26)13-22-23(28)27(25(33)34-22)19(24(29)30)11-15(2)3/h5-10,12-13,15,19H,4,11,14H2,1-3H3,(H,29,30)/b22-13-. The predicted molar refractivity (Wildman–Crippen MR) is 139 cm³/mol. The van der Waals surface area contributed by atoms with E-state index in [-0.39, 0.29) is 16.8 Å². The SMILES string of the molecule is CCOc1cc(/C=C2\SC(=S)N(C(CC(C)C)C(=O)O)C2=O)ccc1OCc1ccccc1Cl. The molecule has 1 aliphatic heterocycles. The topological polar surface area (TPSA) is 76.1 Å². The van der Waals surface area contributed by atoms with Crippen molar-refractivity contribution in [3.05, 3.63) is 63.5 Å². The van der Waals surface area contributed by atoms with Crippen molar-refractivity contribution in [1.29, 1.82) is 0 Å². The lowest BCUT2D eigenvalue weighted by Crippen LogP contribution is -2.44. The lowest BCUT2D eigenvalue weighted by molar-refractivity contribution is -0.145. The highest BCUT2D eigenvalue weighted by molar-refractivity contribution is 8.26. The van der Waals surface area contributed by atoms with Gasteiger partial charge in [0.15, 0.2) is 11.5 Å². The molecule has 0 saturated carbocycles. The molecule has 0 aromatic heterocycles. The first-order valence-electron chi connectivity index (χ1n) is 10.8. The summed E-state index contributed by atoms with van der Waals surface area (Å²) >= 11 is 12.7. The maximum Gasteiger partial charge on any atom is 0.326 e. The van der Waals surface area contributed by atoms with Gasteiger partial charge in [-0.1, -0.05) is 73.7 Å². The molecule has 1 amide bonds. The van der Waals surface area contributed by atoms with Gasteiger partial charge in [0, 0.05) is 10.6 Å². The van der Waals surface area contributed by atoms with Crippen molar-refractivity contribution in [3.8, 4) is 11.5 Å². The Balaban J connectivity index is 1.83. The minimum atomic E-state index is -1.06. The number of thioether (sulfide) groups is 1. The number of benzene rings is 2. The first-order valence-corrected chi connectivity index (χ1v) is 12.4. The molecule has 1 heterocycles. The van der Waals surface area contributed by atoms with Crippen LogP contribution in [0.15, 0.2) is 47.4 Å². The zero-order valence-electron chi connectivity index (χ0n) is 19.1. The van der Waals surface area contributed by atoms with Crippen molar-refractivity contribution in [2.45, 2.75) is 39.8 Å². The van der Waals surface area contributed by atoms with E-state index in [1.807, 2.05) is 39.0 Å². The second-order valence-electron chi connectivity index (χ2n) is 8.05. The first kappa shape index (κ1) is 26.1. The molecule has 0 radical (unpaired) electrons. The van der Waals surface area contributed by atoms with Gasteiger partial charge >= 0.3 is 5.97 Å². The van der Waals surface area contributed by atoms with Gasteiger partial charge in [-0.15, -0.1) is 0 Å². The Kier molecular flexibility index (Phi) is 8.99. The van der Waals surface area contributed by atoms with Crippen LogP contribution in [0.1, 0.15) is 38.3 Å². The largest absolute Gasteiger partial charge is 0.490 e. The van der Waals surface area contributed by atoms with Gasteiger partial charge in [-0.05, 0) is 49.1 Å². The number of carbonyl (C=O) groups excluding carboxylic acids is 1. The number of aliphatic carboxylic acids is 1. The van der Waals surface area contributed by atoms with Gasteiger partial charge in [-0.25, -0.2) is 4.79 Å². The Morgan fingerprint density at radius 3 is 2.59 bits per heavy atom. The maximum atomic E-state index is 13.0. The van der Waals surface area contributed by atoms with Crippen LogP contribution >= 0.6 is 35.6 Å². The average molecular weight is 520 g/mol. The van der Waals surface area contributed by atoms with Crippen molar-refractivity contribution >= 4 is 57.9 Å². The molecule has 0 bridgehead atoms. The number of carbonyl (C=O) groups is 2. The molecule has 34 heavy (non-hydrogen) atoms. The fraction of sp³-hybridized carbons (Fsp3) is 0.320. The molecule has 0 spiro atoms.